The van der Waals surface area contributed by atoms with Gasteiger partial charge in [0.05, 0.1) is 12.8 Å². The van der Waals surface area contributed by atoms with Crippen molar-refractivity contribution in [2.75, 3.05) is 13.2 Å². The van der Waals surface area contributed by atoms with Crippen LogP contribution in [0.1, 0.15) is 29.6 Å². The molecule has 0 fully saturated rings. The number of amides is 1. The maximum absolute atomic E-state index is 12.4. The molecule has 0 saturated carbocycles. The lowest BCUT2D eigenvalue weighted by Gasteiger charge is -2.02. The second kappa shape index (κ2) is 8.27. The van der Waals surface area contributed by atoms with Crippen LogP contribution in [0.3, 0.4) is 0 Å². The first kappa shape index (κ1) is 18.4. The van der Waals surface area contributed by atoms with Gasteiger partial charge in [-0.3, -0.25) is 4.79 Å². The minimum Gasteiger partial charge on any atom is -0.396 e. The van der Waals surface area contributed by atoms with Crippen LogP contribution in [-0.2, 0) is 11.0 Å². The molecule has 2 aromatic rings. The number of nitrogens with zero attached hydrogens (tertiary/aromatic N) is 3. The Morgan fingerprint density at radius 2 is 2.08 bits per heavy atom. The molecule has 1 N–H and O–H groups in total. The Bertz CT molecular complexity index is 726. The first-order chi connectivity index (χ1) is 11.9. The van der Waals surface area contributed by atoms with E-state index in [9.17, 15) is 18.0 Å². The molecule has 0 aliphatic heterocycles. The van der Waals surface area contributed by atoms with E-state index in [4.69, 9.17) is 4.84 Å². The Morgan fingerprint density at radius 1 is 1.36 bits per heavy atom. The van der Waals surface area contributed by atoms with E-state index >= 15 is 0 Å². The highest BCUT2D eigenvalue weighted by atomic mass is 19.4. The van der Waals surface area contributed by atoms with Gasteiger partial charge in [0.25, 0.3) is 5.91 Å². The van der Waals surface area contributed by atoms with Gasteiger partial charge in [0.1, 0.15) is 6.61 Å². The summed E-state index contributed by atoms with van der Waals surface area (Å²) in [5, 5.41) is 9.51. The molecule has 0 saturated heterocycles. The Labute approximate surface area is 140 Å². The highest BCUT2D eigenvalue weighted by molar-refractivity contribution is 5.95. The molecule has 1 aromatic carbocycles. The standard InChI is InChI=1S/C15H15F3N4O3/c1-2-9-24-20-8-7-19-13(23)11-5-3-10(4-6-11)12-21-14(25-22-12)15(16,17)18/h3-6,8H,2,7,9H2,1H3,(H,19,23). The quantitative estimate of drug-likeness (QED) is 0.468. The van der Waals surface area contributed by atoms with Crippen molar-refractivity contribution in [3.8, 4) is 11.4 Å². The van der Waals surface area contributed by atoms with E-state index in [2.05, 4.69) is 25.1 Å². The van der Waals surface area contributed by atoms with Crippen LogP contribution >= 0.6 is 0 Å². The van der Waals surface area contributed by atoms with Gasteiger partial charge in [-0.25, -0.2) is 0 Å². The van der Waals surface area contributed by atoms with Crippen molar-refractivity contribution in [3.05, 3.63) is 35.7 Å². The van der Waals surface area contributed by atoms with Gasteiger partial charge in [0.2, 0.25) is 5.82 Å². The van der Waals surface area contributed by atoms with Crippen molar-refractivity contribution in [1.29, 1.82) is 0 Å². The molecule has 1 aromatic heterocycles. The highest BCUT2D eigenvalue weighted by Gasteiger charge is 2.38. The van der Waals surface area contributed by atoms with Gasteiger partial charge in [0.15, 0.2) is 0 Å². The molecule has 0 bridgehead atoms. The third-order valence-corrected chi connectivity index (χ3v) is 2.87. The lowest BCUT2D eigenvalue weighted by Crippen LogP contribution is -2.25. The third kappa shape index (κ3) is 5.30. The van der Waals surface area contributed by atoms with E-state index in [1.54, 1.807) is 0 Å². The minimum atomic E-state index is -4.70. The van der Waals surface area contributed by atoms with E-state index in [-0.39, 0.29) is 18.3 Å². The second-order valence-corrected chi connectivity index (χ2v) is 4.83. The molecule has 0 unspecified atom stereocenters. The van der Waals surface area contributed by atoms with Crippen LogP contribution in [0, 0.1) is 0 Å². The number of carbonyl (C=O) groups excluding carboxylic acids is 1. The third-order valence-electron chi connectivity index (χ3n) is 2.87. The Hall–Kier alpha value is -2.91. The van der Waals surface area contributed by atoms with Crippen LogP contribution in [0.25, 0.3) is 11.4 Å². The lowest BCUT2D eigenvalue weighted by atomic mass is 10.1. The summed E-state index contributed by atoms with van der Waals surface area (Å²) in [5.74, 6) is -1.99. The van der Waals surface area contributed by atoms with Crippen LogP contribution in [0.15, 0.2) is 33.9 Å². The number of hydrogen-bond donors (Lipinski definition) is 1. The fourth-order valence-electron chi connectivity index (χ4n) is 1.70. The number of rotatable bonds is 7. The van der Waals surface area contributed by atoms with Crippen molar-refractivity contribution in [2.45, 2.75) is 19.5 Å². The van der Waals surface area contributed by atoms with Crippen LogP contribution < -0.4 is 5.32 Å². The summed E-state index contributed by atoms with van der Waals surface area (Å²) < 4.78 is 41.5. The molecule has 0 radical (unpaired) electrons. The molecule has 0 aliphatic carbocycles. The molecule has 10 heteroatoms. The topological polar surface area (TPSA) is 89.6 Å². The SMILES string of the molecule is CCCON=CCNC(=O)c1ccc(-c2noc(C(F)(F)F)n2)cc1. The molecule has 1 heterocycles. The van der Waals surface area contributed by atoms with Crippen molar-refractivity contribution in [1.82, 2.24) is 15.5 Å². The number of oxime groups is 1. The van der Waals surface area contributed by atoms with E-state index in [1.807, 2.05) is 6.92 Å². The monoisotopic (exact) mass is 356 g/mol. The number of benzene rings is 1. The van der Waals surface area contributed by atoms with E-state index in [0.717, 1.165) is 6.42 Å². The Kier molecular flexibility index (Phi) is 6.09. The van der Waals surface area contributed by atoms with Gasteiger partial charge in [-0.2, -0.15) is 18.2 Å². The zero-order chi connectivity index (χ0) is 18.3. The molecular formula is C15H15F3N4O3. The highest BCUT2D eigenvalue weighted by Crippen LogP contribution is 2.29. The Morgan fingerprint density at radius 3 is 2.68 bits per heavy atom. The fraction of sp³-hybridized carbons (Fsp3) is 0.333. The predicted octanol–water partition coefficient (Wildman–Crippen LogP) is 2.90. The predicted molar refractivity (Wildman–Crippen MR) is 81.8 cm³/mol. The summed E-state index contributed by atoms with van der Waals surface area (Å²) in [4.78, 5) is 20.1. The number of aromatic nitrogens is 2. The zero-order valence-electron chi connectivity index (χ0n) is 13.2. The molecule has 1 amide bonds. The van der Waals surface area contributed by atoms with Crippen molar-refractivity contribution < 1.29 is 27.3 Å². The first-order valence-electron chi connectivity index (χ1n) is 7.35. The number of hydrogen-bond acceptors (Lipinski definition) is 6. The van der Waals surface area contributed by atoms with Crippen molar-refractivity contribution >= 4 is 12.1 Å². The number of alkyl halides is 3. The zero-order valence-corrected chi connectivity index (χ0v) is 13.2. The van der Waals surface area contributed by atoms with Gasteiger partial charge in [0, 0.05) is 11.1 Å². The average Bonchev–Trinajstić information content (AvgIpc) is 3.08. The second-order valence-electron chi connectivity index (χ2n) is 4.83. The summed E-state index contributed by atoms with van der Waals surface area (Å²) >= 11 is 0. The summed E-state index contributed by atoms with van der Waals surface area (Å²) in [6.07, 6.45) is -2.45. The molecule has 2 rings (SSSR count). The van der Waals surface area contributed by atoms with Crippen LogP contribution in [-0.4, -0.2) is 35.4 Å². The summed E-state index contributed by atoms with van der Waals surface area (Å²) in [6, 6.07) is 5.74. The lowest BCUT2D eigenvalue weighted by molar-refractivity contribution is -0.159. The van der Waals surface area contributed by atoms with Gasteiger partial charge in [-0.15, -0.1) is 0 Å². The first-order valence-corrected chi connectivity index (χ1v) is 7.35. The number of halogens is 3. The molecule has 7 nitrogen and oxygen atoms in total. The van der Waals surface area contributed by atoms with Crippen LogP contribution in [0.5, 0.6) is 0 Å². The number of nitrogens with one attached hydrogen (secondary N) is 1. The maximum Gasteiger partial charge on any atom is 0.471 e. The molecular weight excluding hydrogens is 341 g/mol. The molecule has 0 atom stereocenters. The van der Waals surface area contributed by atoms with E-state index < -0.39 is 12.1 Å². The average molecular weight is 356 g/mol. The van der Waals surface area contributed by atoms with Gasteiger partial charge in [-0.1, -0.05) is 29.4 Å². The maximum atomic E-state index is 12.4. The molecule has 0 aliphatic rings. The van der Waals surface area contributed by atoms with Crippen LogP contribution in [0.4, 0.5) is 13.2 Å². The minimum absolute atomic E-state index is 0.185. The smallest absolute Gasteiger partial charge is 0.396 e. The van der Waals surface area contributed by atoms with Crippen molar-refractivity contribution in [2.24, 2.45) is 5.16 Å². The molecule has 0 spiro atoms. The summed E-state index contributed by atoms with van der Waals surface area (Å²) in [5.41, 5.74) is 0.622. The number of carbonyl (C=O) groups is 1. The Balaban J connectivity index is 1.94. The van der Waals surface area contributed by atoms with E-state index in [1.165, 1.54) is 30.5 Å². The fourth-order valence-corrected chi connectivity index (χ4v) is 1.70. The molecule has 134 valence electrons. The summed E-state index contributed by atoms with van der Waals surface area (Å²) in [6.45, 7) is 2.63. The van der Waals surface area contributed by atoms with Crippen molar-refractivity contribution in [3.63, 3.8) is 0 Å². The van der Waals surface area contributed by atoms with Gasteiger partial charge >= 0.3 is 12.1 Å². The summed E-state index contributed by atoms with van der Waals surface area (Å²) in [7, 11) is 0. The van der Waals surface area contributed by atoms with E-state index in [0.29, 0.717) is 17.7 Å². The largest absolute Gasteiger partial charge is 0.471 e. The van der Waals surface area contributed by atoms with Gasteiger partial charge < -0.3 is 14.7 Å². The van der Waals surface area contributed by atoms with Gasteiger partial charge in [-0.05, 0) is 18.6 Å². The normalized spacial score (nSPS) is 11.7. The van der Waals surface area contributed by atoms with Crippen LogP contribution in [0.2, 0.25) is 0 Å². The molecule has 25 heavy (non-hydrogen) atoms.